The van der Waals surface area contributed by atoms with E-state index in [9.17, 15) is 9.59 Å². The molecule has 1 amide bonds. The predicted octanol–water partition coefficient (Wildman–Crippen LogP) is 3.19. The number of rotatable bonds is 4. The highest BCUT2D eigenvalue weighted by Crippen LogP contribution is 2.47. The zero-order valence-electron chi connectivity index (χ0n) is 19.8. The van der Waals surface area contributed by atoms with E-state index < -0.39 is 11.5 Å². The number of hydrogen-bond donors (Lipinski definition) is 0. The van der Waals surface area contributed by atoms with Crippen LogP contribution in [0.3, 0.4) is 0 Å². The quantitative estimate of drug-likeness (QED) is 0.668. The molecule has 0 spiro atoms. The van der Waals surface area contributed by atoms with Crippen molar-refractivity contribution in [2.45, 2.75) is 51.6 Å². The van der Waals surface area contributed by atoms with E-state index in [1.54, 1.807) is 11.8 Å². The van der Waals surface area contributed by atoms with Crippen molar-refractivity contribution in [1.29, 1.82) is 0 Å². The number of anilines is 1. The molecule has 3 aliphatic rings. The van der Waals surface area contributed by atoms with Gasteiger partial charge in [0.25, 0.3) is 5.91 Å². The molecule has 4 heterocycles. The number of ether oxygens (including phenoxy) is 2. The highest BCUT2D eigenvalue weighted by atomic mass is 16.5. The topological polar surface area (TPSA) is 72.0 Å². The monoisotopic (exact) mass is 449 g/mol. The number of benzene rings is 1. The SMILES string of the molecule is Cc1c2c(nc(C(C)C)c1N1CCOCC1)C1(C)C(=O)OCC(Cc3ccccc3)N1C2=O. The summed E-state index contributed by atoms with van der Waals surface area (Å²) in [5, 5.41) is 0. The molecular formula is C26H31N3O4. The van der Waals surface area contributed by atoms with Crippen LogP contribution in [0.1, 0.15) is 59.6 Å². The summed E-state index contributed by atoms with van der Waals surface area (Å²) in [7, 11) is 0. The number of esters is 1. The number of pyridine rings is 1. The Labute approximate surface area is 194 Å². The molecule has 2 unspecified atom stereocenters. The third kappa shape index (κ3) is 3.32. The van der Waals surface area contributed by atoms with Gasteiger partial charge >= 0.3 is 5.97 Å². The van der Waals surface area contributed by atoms with Crippen LogP contribution in [0.15, 0.2) is 30.3 Å². The number of aromatic nitrogens is 1. The first-order valence-corrected chi connectivity index (χ1v) is 11.8. The Balaban J connectivity index is 1.64. The summed E-state index contributed by atoms with van der Waals surface area (Å²) < 4.78 is 11.2. The van der Waals surface area contributed by atoms with Gasteiger partial charge in [-0.2, -0.15) is 0 Å². The molecule has 0 bridgehead atoms. The van der Waals surface area contributed by atoms with Gasteiger partial charge in [0.2, 0.25) is 0 Å². The van der Waals surface area contributed by atoms with Gasteiger partial charge in [-0.05, 0) is 37.3 Å². The standard InChI is InChI=1S/C26H31N3O4/c1-16(2)21-22(28-10-12-32-13-11-28)17(3)20-23(27-21)26(4)25(31)33-15-19(29(26)24(20)30)14-18-8-6-5-7-9-18/h5-9,16,19H,10-15H2,1-4H3. The minimum atomic E-state index is -1.22. The molecule has 2 aromatic rings. The second-order valence-corrected chi connectivity index (χ2v) is 9.64. The van der Waals surface area contributed by atoms with Gasteiger partial charge in [0.1, 0.15) is 6.61 Å². The summed E-state index contributed by atoms with van der Waals surface area (Å²) in [6.45, 7) is 11.0. The molecule has 174 valence electrons. The fraction of sp³-hybridized carbons (Fsp3) is 0.500. The second-order valence-electron chi connectivity index (χ2n) is 9.64. The van der Waals surface area contributed by atoms with Crippen LogP contribution in [0.25, 0.3) is 0 Å². The third-order valence-corrected chi connectivity index (χ3v) is 7.18. The lowest BCUT2D eigenvalue weighted by molar-refractivity contribution is -0.169. The first-order valence-electron chi connectivity index (χ1n) is 11.8. The molecule has 2 saturated heterocycles. The summed E-state index contributed by atoms with van der Waals surface area (Å²) in [6, 6.07) is 9.78. The van der Waals surface area contributed by atoms with E-state index in [0.29, 0.717) is 30.9 Å². The molecule has 2 fully saturated rings. The van der Waals surface area contributed by atoms with Crippen LogP contribution >= 0.6 is 0 Å². The van der Waals surface area contributed by atoms with E-state index in [1.807, 2.05) is 37.3 Å². The van der Waals surface area contributed by atoms with Gasteiger partial charge in [-0.15, -0.1) is 0 Å². The van der Waals surface area contributed by atoms with Crippen LogP contribution in [0.5, 0.6) is 0 Å². The Kier molecular flexibility index (Phi) is 5.40. The van der Waals surface area contributed by atoms with Gasteiger partial charge in [-0.1, -0.05) is 44.2 Å². The summed E-state index contributed by atoms with van der Waals surface area (Å²) in [4.78, 5) is 36.2. The van der Waals surface area contributed by atoms with Crippen LogP contribution in [0, 0.1) is 6.92 Å². The molecule has 0 saturated carbocycles. The Bertz CT molecular complexity index is 1090. The van der Waals surface area contributed by atoms with Crippen molar-refractivity contribution in [2.24, 2.45) is 0 Å². The van der Waals surface area contributed by atoms with Crippen molar-refractivity contribution in [2.75, 3.05) is 37.8 Å². The van der Waals surface area contributed by atoms with Crippen molar-refractivity contribution in [3.05, 3.63) is 58.4 Å². The average molecular weight is 450 g/mol. The van der Waals surface area contributed by atoms with Crippen LogP contribution in [-0.2, 0) is 26.2 Å². The lowest BCUT2D eigenvalue weighted by Crippen LogP contribution is -2.59. The number of fused-ring (bicyclic) bond motifs is 3. The maximum Gasteiger partial charge on any atom is 0.338 e. The van der Waals surface area contributed by atoms with E-state index in [-0.39, 0.29) is 24.5 Å². The molecule has 2 atom stereocenters. The van der Waals surface area contributed by atoms with Crippen LogP contribution in [-0.4, -0.2) is 60.7 Å². The van der Waals surface area contributed by atoms with Gasteiger partial charge in [0.15, 0.2) is 5.54 Å². The first kappa shape index (κ1) is 21.9. The number of amides is 1. The van der Waals surface area contributed by atoms with Gasteiger partial charge < -0.3 is 19.3 Å². The first-order chi connectivity index (χ1) is 15.8. The molecule has 33 heavy (non-hydrogen) atoms. The summed E-state index contributed by atoms with van der Waals surface area (Å²) in [5.41, 5.74) is 3.81. The lowest BCUT2D eigenvalue weighted by atomic mass is 9.90. The fourth-order valence-corrected chi connectivity index (χ4v) is 5.51. The van der Waals surface area contributed by atoms with E-state index >= 15 is 0 Å². The Morgan fingerprint density at radius 1 is 1.15 bits per heavy atom. The fourth-order valence-electron chi connectivity index (χ4n) is 5.51. The second kappa shape index (κ2) is 8.13. The summed E-state index contributed by atoms with van der Waals surface area (Å²) >= 11 is 0. The van der Waals surface area contributed by atoms with Crippen LogP contribution in [0.2, 0.25) is 0 Å². The molecule has 3 aliphatic heterocycles. The maximum absolute atomic E-state index is 14.0. The Hall–Kier alpha value is -2.93. The highest BCUT2D eigenvalue weighted by Gasteiger charge is 2.60. The number of nitrogens with zero attached hydrogens (tertiary/aromatic N) is 3. The third-order valence-electron chi connectivity index (χ3n) is 7.18. The molecule has 5 rings (SSSR count). The van der Waals surface area contributed by atoms with Crippen molar-refractivity contribution < 1.29 is 19.1 Å². The van der Waals surface area contributed by atoms with E-state index in [1.165, 1.54) is 0 Å². The number of cyclic esters (lactones) is 1. The number of carbonyl (C=O) groups excluding carboxylic acids is 2. The normalized spacial score (nSPS) is 24.7. The number of morpholine rings is 2. The maximum atomic E-state index is 14.0. The molecule has 1 aromatic heterocycles. The average Bonchev–Trinajstić information content (AvgIpc) is 3.05. The minimum absolute atomic E-state index is 0.125. The molecule has 7 heteroatoms. The lowest BCUT2D eigenvalue weighted by Gasteiger charge is -2.43. The van der Waals surface area contributed by atoms with Crippen LogP contribution in [0.4, 0.5) is 5.69 Å². The smallest absolute Gasteiger partial charge is 0.338 e. The van der Waals surface area contributed by atoms with Crippen molar-refractivity contribution in [3.63, 3.8) is 0 Å². The van der Waals surface area contributed by atoms with Gasteiger partial charge in [0.05, 0.1) is 41.9 Å². The molecule has 0 N–H and O–H groups in total. The summed E-state index contributed by atoms with van der Waals surface area (Å²) in [6.07, 6.45) is 0.621. The van der Waals surface area contributed by atoms with E-state index in [2.05, 4.69) is 18.7 Å². The van der Waals surface area contributed by atoms with Crippen LogP contribution < -0.4 is 4.90 Å². The van der Waals surface area contributed by atoms with Gasteiger partial charge in [-0.3, -0.25) is 9.78 Å². The number of carbonyl (C=O) groups is 2. The summed E-state index contributed by atoms with van der Waals surface area (Å²) in [5.74, 6) is -0.390. The van der Waals surface area contributed by atoms with E-state index in [0.717, 1.165) is 35.6 Å². The minimum Gasteiger partial charge on any atom is -0.461 e. The van der Waals surface area contributed by atoms with E-state index in [4.69, 9.17) is 14.5 Å². The number of hydrogen-bond acceptors (Lipinski definition) is 6. The zero-order valence-corrected chi connectivity index (χ0v) is 19.8. The largest absolute Gasteiger partial charge is 0.461 e. The Morgan fingerprint density at radius 2 is 1.85 bits per heavy atom. The molecule has 7 nitrogen and oxygen atoms in total. The van der Waals surface area contributed by atoms with Crippen molar-refractivity contribution in [3.8, 4) is 0 Å². The zero-order chi connectivity index (χ0) is 23.3. The Morgan fingerprint density at radius 3 is 2.52 bits per heavy atom. The molecular weight excluding hydrogens is 418 g/mol. The highest BCUT2D eigenvalue weighted by molar-refractivity contribution is 6.07. The predicted molar refractivity (Wildman–Crippen MR) is 125 cm³/mol. The molecule has 0 aliphatic carbocycles. The van der Waals surface area contributed by atoms with Crippen molar-refractivity contribution >= 4 is 17.6 Å². The van der Waals surface area contributed by atoms with Gasteiger partial charge in [0, 0.05) is 13.1 Å². The molecule has 1 aromatic carbocycles. The van der Waals surface area contributed by atoms with Crippen molar-refractivity contribution in [1.82, 2.24) is 9.88 Å². The van der Waals surface area contributed by atoms with Gasteiger partial charge in [-0.25, -0.2) is 4.79 Å². The molecule has 0 radical (unpaired) electrons.